The quantitative estimate of drug-likeness (QED) is 0.608. The molecule has 0 aliphatic heterocycles. The second-order valence-electron chi connectivity index (χ2n) is 6.55. The predicted octanol–water partition coefficient (Wildman–Crippen LogP) is 4.34. The van der Waals surface area contributed by atoms with Crippen LogP contribution in [0.3, 0.4) is 0 Å². The summed E-state index contributed by atoms with van der Waals surface area (Å²) in [5, 5.41) is 6.93. The SMILES string of the molecule is Cc1ccc(/C=N/NC(=O)c2ccc(NC(=O)C3CCCCC3)cc2)s1. The molecular formula is C20H23N3O2S. The fourth-order valence-electron chi connectivity index (χ4n) is 3.06. The molecule has 0 radical (unpaired) electrons. The maximum atomic E-state index is 12.3. The number of carbonyl (C=O) groups is 2. The Morgan fingerprint density at radius 1 is 1.08 bits per heavy atom. The molecule has 2 N–H and O–H groups in total. The number of rotatable bonds is 5. The first kappa shape index (κ1) is 18.3. The molecule has 1 aliphatic rings. The molecule has 0 atom stereocenters. The van der Waals surface area contributed by atoms with Gasteiger partial charge in [0, 0.05) is 26.9 Å². The van der Waals surface area contributed by atoms with Crippen LogP contribution in [0.1, 0.15) is 52.2 Å². The molecule has 0 unspecified atom stereocenters. The van der Waals surface area contributed by atoms with E-state index < -0.39 is 0 Å². The van der Waals surface area contributed by atoms with E-state index in [1.165, 1.54) is 11.3 Å². The number of amides is 2. The lowest BCUT2D eigenvalue weighted by Gasteiger charge is -2.20. The van der Waals surface area contributed by atoms with Gasteiger partial charge >= 0.3 is 0 Å². The van der Waals surface area contributed by atoms with Gasteiger partial charge in [-0.2, -0.15) is 5.10 Å². The van der Waals surface area contributed by atoms with Crippen LogP contribution >= 0.6 is 11.3 Å². The van der Waals surface area contributed by atoms with Gasteiger partial charge in [0.1, 0.15) is 0 Å². The third-order valence-electron chi connectivity index (χ3n) is 4.51. The second-order valence-corrected chi connectivity index (χ2v) is 7.87. The number of hydrogen-bond donors (Lipinski definition) is 2. The first-order valence-electron chi connectivity index (χ1n) is 8.92. The minimum Gasteiger partial charge on any atom is -0.326 e. The number of carbonyl (C=O) groups excluding carboxylic acids is 2. The number of hydrogen-bond acceptors (Lipinski definition) is 4. The Morgan fingerprint density at radius 3 is 2.46 bits per heavy atom. The molecule has 1 aliphatic carbocycles. The summed E-state index contributed by atoms with van der Waals surface area (Å²) in [5.41, 5.74) is 3.74. The van der Waals surface area contributed by atoms with E-state index in [2.05, 4.69) is 15.8 Å². The minimum absolute atomic E-state index is 0.0812. The number of hydrazone groups is 1. The van der Waals surface area contributed by atoms with Crippen molar-refractivity contribution in [1.82, 2.24) is 5.43 Å². The fraction of sp³-hybridized carbons (Fsp3) is 0.350. The first-order valence-corrected chi connectivity index (χ1v) is 9.74. The molecule has 1 aromatic carbocycles. The van der Waals surface area contributed by atoms with Crippen LogP contribution in [0, 0.1) is 12.8 Å². The zero-order valence-electron chi connectivity index (χ0n) is 14.8. The van der Waals surface area contributed by atoms with E-state index in [9.17, 15) is 9.59 Å². The van der Waals surface area contributed by atoms with E-state index in [1.807, 2.05) is 19.1 Å². The lowest BCUT2D eigenvalue weighted by Crippen LogP contribution is -2.24. The van der Waals surface area contributed by atoms with Gasteiger partial charge in [-0.1, -0.05) is 19.3 Å². The number of nitrogens with one attached hydrogen (secondary N) is 2. The van der Waals surface area contributed by atoms with Crippen LogP contribution in [0.4, 0.5) is 5.69 Å². The summed E-state index contributed by atoms with van der Waals surface area (Å²) >= 11 is 1.61. The highest BCUT2D eigenvalue weighted by Gasteiger charge is 2.21. The standard InChI is InChI=1S/C20H23N3O2S/c1-14-7-12-18(26-14)13-21-23-20(25)16-8-10-17(11-9-16)22-19(24)15-5-3-2-4-6-15/h7-13,15H,2-6H2,1H3,(H,22,24)(H,23,25)/b21-13+. The van der Waals surface area contributed by atoms with Crippen LogP contribution in [0.15, 0.2) is 41.5 Å². The van der Waals surface area contributed by atoms with Crippen molar-refractivity contribution in [1.29, 1.82) is 0 Å². The molecule has 1 fully saturated rings. The molecule has 136 valence electrons. The van der Waals surface area contributed by atoms with Crippen molar-refractivity contribution >= 4 is 35.1 Å². The maximum Gasteiger partial charge on any atom is 0.271 e. The molecule has 0 saturated heterocycles. The Hall–Kier alpha value is -2.47. The van der Waals surface area contributed by atoms with Gasteiger partial charge in [-0.05, 0) is 56.2 Å². The molecule has 0 spiro atoms. The van der Waals surface area contributed by atoms with Crippen molar-refractivity contribution < 1.29 is 9.59 Å². The third-order valence-corrected chi connectivity index (χ3v) is 5.44. The van der Waals surface area contributed by atoms with Gasteiger partial charge in [0.05, 0.1) is 6.21 Å². The van der Waals surface area contributed by atoms with Crippen molar-refractivity contribution in [2.24, 2.45) is 11.0 Å². The Bertz CT molecular complexity index is 790. The highest BCUT2D eigenvalue weighted by atomic mass is 32.1. The summed E-state index contributed by atoms with van der Waals surface area (Å²) in [6, 6.07) is 10.9. The topological polar surface area (TPSA) is 70.6 Å². The number of anilines is 1. The van der Waals surface area contributed by atoms with E-state index in [0.29, 0.717) is 5.56 Å². The second kappa shape index (κ2) is 8.76. The van der Waals surface area contributed by atoms with Crippen molar-refractivity contribution in [2.75, 3.05) is 5.32 Å². The molecule has 1 saturated carbocycles. The van der Waals surface area contributed by atoms with Gasteiger partial charge in [0.15, 0.2) is 0 Å². The van der Waals surface area contributed by atoms with E-state index in [1.54, 1.807) is 41.8 Å². The molecule has 26 heavy (non-hydrogen) atoms. The summed E-state index contributed by atoms with van der Waals surface area (Å²) in [4.78, 5) is 26.6. The van der Waals surface area contributed by atoms with Crippen LogP contribution in [-0.4, -0.2) is 18.0 Å². The maximum absolute atomic E-state index is 12.3. The van der Waals surface area contributed by atoms with Crippen molar-refractivity contribution in [2.45, 2.75) is 39.0 Å². The average Bonchev–Trinajstić information content (AvgIpc) is 3.08. The number of nitrogens with zero attached hydrogens (tertiary/aromatic N) is 1. The molecule has 3 rings (SSSR count). The van der Waals surface area contributed by atoms with E-state index in [0.717, 1.165) is 36.2 Å². The highest BCUT2D eigenvalue weighted by molar-refractivity contribution is 7.13. The van der Waals surface area contributed by atoms with Crippen LogP contribution < -0.4 is 10.7 Å². The summed E-state index contributed by atoms with van der Waals surface area (Å²) in [5.74, 6) is -0.0839. The molecular weight excluding hydrogens is 346 g/mol. The first-order chi connectivity index (χ1) is 12.6. The van der Waals surface area contributed by atoms with Crippen molar-refractivity contribution in [3.05, 3.63) is 51.7 Å². The minimum atomic E-state index is -0.278. The summed E-state index contributed by atoms with van der Waals surface area (Å²) < 4.78 is 0. The molecule has 1 heterocycles. The van der Waals surface area contributed by atoms with Gasteiger partial charge in [-0.15, -0.1) is 11.3 Å². The molecule has 1 aromatic heterocycles. The number of thiophene rings is 1. The van der Waals surface area contributed by atoms with E-state index in [-0.39, 0.29) is 17.7 Å². The van der Waals surface area contributed by atoms with Crippen LogP contribution in [0.25, 0.3) is 0 Å². The van der Waals surface area contributed by atoms with Crippen LogP contribution in [0.5, 0.6) is 0 Å². The zero-order chi connectivity index (χ0) is 18.4. The van der Waals surface area contributed by atoms with E-state index in [4.69, 9.17) is 0 Å². The Balaban J connectivity index is 1.52. The van der Waals surface area contributed by atoms with E-state index >= 15 is 0 Å². The molecule has 5 nitrogen and oxygen atoms in total. The van der Waals surface area contributed by atoms with Crippen LogP contribution in [-0.2, 0) is 4.79 Å². The lowest BCUT2D eigenvalue weighted by atomic mass is 9.88. The van der Waals surface area contributed by atoms with Gasteiger partial charge in [0.25, 0.3) is 5.91 Å². The molecule has 2 aromatic rings. The van der Waals surface area contributed by atoms with Crippen molar-refractivity contribution in [3.63, 3.8) is 0 Å². The number of benzene rings is 1. The fourth-order valence-corrected chi connectivity index (χ4v) is 3.81. The van der Waals surface area contributed by atoms with Gasteiger partial charge in [-0.25, -0.2) is 5.43 Å². The largest absolute Gasteiger partial charge is 0.326 e. The molecule has 0 bridgehead atoms. The normalized spacial score (nSPS) is 15.1. The Labute approximate surface area is 157 Å². The summed E-state index contributed by atoms with van der Waals surface area (Å²) in [6.45, 7) is 2.02. The van der Waals surface area contributed by atoms with Gasteiger partial charge < -0.3 is 5.32 Å². The summed E-state index contributed by atoms with van der Waals surface area (Å²) in [7, 11) is 0. The average molecular weight is 369 g/mol. The van der Waals surface area contributed by atoms with Crippen LogP contribution in [0.2, 0.25) is 0 Å². The lowest BCUT2D eigenvalue weighted by molar-refractivity contribution is -0.120. The highest BCUT2D eigenvalue weighted by Crippen LogP contribution is 2.25. The monoisotopic (exact) mass is 369 g/mol. The third kappa shape index (κ3) is 5.02. The Kier molecular flexibility index (Phi) is 6.17. The molecule has 2 amide bonds. The van der Waals surface area contributed by atoms with Gasteiger partial charge in [-0.3, -0.25) is 9.59 Å². The van der Waals surface area contributed by atoms with Crippen molar-refractivity contribution in [3.8, 4) is 0 Å². The molecule has 6 heteroatoms. The van der Waals surface area contributed by atoms with Gasteiger partial charge in [0.2, 0.25) is 5.91 Å². The summed E-state index contributed by atoms with van der Waals surface area (Å²) in [6.07, 6.45) is 7.05. The zero-order valence-corrected chi connectivity index (χ0v) is 15.6. The number of aryl methyl sites for hydroxylation is 1. The Morgan fingerprint density at radius 2 is 1.81 bits per heavy atom. The smallest absolute Gasteiger partial charge is 0.271 e. The predicted molar refractivity (Wildman–Crippen MR) is 106 cm³/mol.